The largest absolute Gasteiger partial charge is 0.309 e. The summed E-state index contributed by atoms with van der Waals surface area (Å²) in [6, 6.07) is 62.2. The molecule has 2 nitrogen and oxygen atoms in total. The van der Waals surface area contributed by atoms with Gasteiger partial charge >= 0.3 is 0 Å². The van der Waals surface area contributed by atoms with Crippen LogP contribution in [0.15, 0.2) is 230 Å². The van der Waals surface area contributed by atoms with E-state index >= 15 is 0 Å². The molecule has 10 aromatic carbocycles. The Hall–Kier alpha value is -7.98. The van der Waals surface area contributed by atoms with Crippen LogP contribution >= 0.6 is 11.3 Å². The number of thiophene rings is 1. The number of hydrogen-bond acceptors (Lipinski definition) is 1. The number of aromatic nitrogens is 2. The van der Waals surface area contributed by atoms with Crippen LogP contribution < -0.4 is 0 Å². The third-order valence-corrected chi connectivity index (χ3v) is 13.5. The Labute approximate surface area is 378 Å². The molecule has 0 saturated carbocycles. The van der Waals surface area contributed by atoms with Crippen LogP contribution in [0.5, 0.6) is 0 Å². The molecular weight excluding hydrogens is 781 g/mol. The zero-order valence-electron chi connectivity index (χ0n) is 40.7. The lowest BCUT2D eigenvalue weighted by Gasteiger charge is -2.11. The lowest BCUT2D eigenvalue weighted by Crippen LogP contribution is -1.94. The summed E-state index contributed by atoms with van der Waals surface area (Å²) in [4.78, 5) is 0. The summed E-state index contributed by atoms with van der Waals surface area (Å²) < 4.78 is 72.1. The highest BCUT2D eigenvalue weighted by Crippen LogP contribution is 2.43. The van der Waals surface area contributed by atoms with Crippen molar-refractivity contribution in [3.8, 4) is 55.9 Å². The SMILES string of the molecule is [2H]c1c([2H])c([2H])c2c(c1[2H])c1c([2H])c(-c3ccc4c(c3)c3c(-c5cccc(-c6ccccc6)c5)cccc3n4-c3cccc(-c4ccccc4)c3)c([2H])c([2H])c1n2-c1ccc2sc3ccccc3c2c1. The molecule has 0 fully saturated rings. The van der Waals surface area contributed by atoms with Gasteiger partial charge in [0.2, 0.25) is 0 Å². The molecule has 0 radical (unpaired) electrons. The van der Waals surface area contributed by atoms with Gasteiger partial charge in [-0.05, 0) is 123 Å². The Morgan fingerprint density at radius 3 is 1.84 bits per heavy atom. The molecule has 13 aromatic rings. The smallest absolute Gasteiger partial charge is 0.0645 e. The van der Waals surface area contributed by atoms with Crippen molar-refractivity contribution in [2.45, 2.75) is 0 Å². The Kier molecular flexibility index (Phi) is 6.66. The summed E-state index contributed by atoms with van der Waals surface area (Å²) in [6.07, 6.45) is 0. The third-order valence-electron chi connectivity index (χ3n) is 12.3. The van der Waals surface area contributed by atoms with E-state index in [0.29, 0.717) is 11.3 Å². The van der Waals surface area contributed by atoms with Crippen molar-refractivity contribution >= 4 is 75.1 Å². The van der Waals surface area contributed by atoms with Crippen molar-refractivity contribution in [1.29, 1.82) is 0 Å². The van der Waals surface area contributed by atoms with Crippen molar-refractivity contribution in [2.24, 2.45) is 0 Å². The summed E-state index contributed by atoms with van der Waals surface area (Å²) in [6.45, 7) is 0. The van der Waals surface area contributed by atoms with Gasteiger partial charge in [-0.3, -0.25) is 0 Å². The first kappa shape index (κ1) is 29.3. The highest BCUT2D eigenvalue weighted by atomic mass is 32.1. The Balaban J connectivity index is 1.09. The van der Waals surface area contributed by atoms with Gasteiger partial charge in [0.25, 0.3) is 0 Å². The summed E-state index contributed by atoms with van der Waals surface area (Å²) in [5.41, 5.74) is 11.0. The molecule has 0 spiro atoms. The third kappa shape index (κ3) is 5.78. The van der Waals surface area contributed by atoms with Crippen LogP contribution in [0, 0.1) is 0 Å². The number of fused-ring (bicyclic) bond motifs is 9. The van der Waals surface area contributed by atoms with Crippen molar-refractivity contribution in [3.05, 3.63) is 230 Å². The molecule has 0 aliphatic rings. The molecule has 3 heteroatoms. The highest BCUT2D eigenvalue weighted by molar-refractivity contribution is 7.25. The van der Waals surface area contributed by atoms with Gasteiger partial charge in [0, 0.05) is 53.1 Å². The normalized spacial score (nSPS) is 13.4. The first-order valence-electron chi connectivity index (χ1n) is 24.5. The maximum absolute atomic E-state index is 10.1. The lowest BCUT2D eigenvalue weighted by atomic mass is 9.95. The maximum Gasteiger partial charge on any atom is 0.0645 e. The monoisotopic (exact) mass is 825 g/mol. The van der Waals surface area contributed by atoms with Crippen molar-refractivity contribution in [1.82, 2.24) is 9.13 Å². The molecule has 294 valence electrons. The molecule has 63 heavy (non-hydrogen) atoms. The van der Waals surface area contributed by atoms with Crippen molar-refractivity contribution in [2.75, 3.05) is 0 Å². The van der Waals surface area contributed by atoms with E-state index < -0.39 is 12.1 Å². The average molecular weight is 826 g/mol. The molecular formula is C60H38N2S. The molecule has 3 aromatic heterocycles. The number of nitrogens with zero attached hydrogens (tertiary/aromatic N) is 2. The minimum absolute atomic E-state index is 0.0821. The van der Waals surface area contributed by atoms with Crippen LogP contribution in [0.1, 0.15) is 9.60 Å². The molecule has 0 atom stereocenters. The predicted molar refractivity (Wildman–Crippen MR) is 270 cm³/mol. The average Bonchev–Trinajstić information content (AvgIpc) is 4.08. The second kappa shape index (κ2) is 14.3. The van der Waals surface area contributed by atoms with E-state index in [1.54, 1.807) is 15.9 Å². The fourth-order valence-corrected chi connectivity index (χ4v) is 10.6. The van der Waals surface area contributed by atoms with Crippen LogP contribution in [0.3, 0.4) is 0 Å². The van der Waals surface area contributed by atoms with Gasteiger partial charge in [-0.1, -0.05) is 152 Å². The van der Waals surface area contributed by atoms with Gasteiger partial charge in [0.05, 0.1) is 31.7 Å². The molecule has 13 rings (SSSR count). The second-order valence-electron chi connectivity index (χ2n) is 15.9. The van der Waals surface area contributed by atoms with Gasteiger partial charge in [-0.15, -0.1) is 11.3 Å². The van der Waals surface area contributed by atoms with E-state index in [2.05, 4.69) is 108 Å². The van der Waals surface area contributed by atoms with E-state index in [-0.39, 0.29) is 57.6 Å². The quantitative estimate of drug-likeness (QED) is 0.158. The van der Waals surface area contributed by atoms with Crippen LogP contribution in [0.2, 0.25) is 0 Å². The first-order chi connectivity index (χ1) is 34.2. The highest BCUT2D eigenvalue weighted by Gasteiger charge is 2.20. The van der Waals surface area contributed by atoms with Gasteiger partial charge < -0.3 is 9.13 Å². The topological polar surface area (TPSA) is 9.86 Å². The van der Waals surface area contributed by atoms with E-state index in [0.717, 1.165) is 81.0 Å². The molecule has 0 N–H and O–H groups in total. The lowest BCUT2D eigenvalue weighted by molar-refractivity contribution is 1.18. The fraction of sp³-hybridized carbons (Fsp3) is 0. The van der Waals surface area contributed by atoms with E-state index in [1.807, 2.05) is 84.9 Å². The molecule has 0 aliphatic carbocycles. The van der Waals surface area contributed by atoms with E-state index in [4.69, 9.17) is 2.74 Å². The van der Waals surface area contributed by atoms with Crippen LogP contribution in [0.25, 0.3) is 120 Å². The first-order valence-corrected chi connectivity index (χ1v) is 21.8. The maximum atomic E-state index is 10.1. The molecule has 3 heterocycles. The summed E-state index contributed by atoms with van der Waals surface area (Å²) in [5, 5.41) is 4.25. The van der Waals surface area contributed by atoms with Gasteiger partial charge in [0.15, 0.2) is 0 Å². The number of hydrogen-bond donors (Lipinski definition) is 0. The van der Waals surface area contributed by atoms with Crippen LogP contribution in [-0.2, 0) is 0 Å². The van der Waals surface area contributed by atoms with E-state index in [1.165, 1.54) is 0 Å². The molecule has 0 saturated heterocycles. The number of benzene rings is 10. The zero-order chi connectivity index (χ0) is 47.5. The van der Waals surface area contributed by atoms with Gasteiger partial charge in [0.1, 0.15) is 0 Å². The van der Waals surface area contributed by atoms with Crippen LogP contribution in [0.4, 0.5) is 0 Å². The van der Waals surface area contributed by atoms with Gasteiger partial charge in [-0.25, -0.2) is 0 Å². The van der Waals surface area contributed by atoms with Crippen molar-refractivity contribution in [3.63, 3.8) is 0 Å². The summed E-state index contributed by atoms with van der Waals surface area (Å²) >= 11 is 1.66. The molecule has 0 unspecified atom stereocenters. The second-order valence-corrected chi connectivity index (χ2v) is 17.0. The van der Waals surface area contributed by atoms with Gasteiger partial charge in [-0.2, -0.15) is 0 Å². The standard InChI is InChI=1S/C60H38N2S/c1-3-14-39(15-4-1)41-18-11-20-45(34-41)48-24-13-26-57-60(48)53-37-44(29-32-56(53)62(57)46-21-12-19-42(35-46)40-16-5-2-6-17-40)43-28-31-55-51(36-43)49-22-7-9-25-54(49)61(55)47-30-33-59-52(38-47)50-23-8-10-27-58(50)63-59/h1-38H/i7D,9D,22D,25D,28D,31D,36D. The van der Waals surface area contributed by atoms with Crippen LogP contribution in [-0.4, -0.2) is 9.13 Å². The minimum Gasteiger partial charge on any atom is -0.309 e. The summed E-state index contributed by atoms with van der Waals surface area (Å²) in [7, 11) is 0. The predicted octanol–water partition coefficient (Wildman–Crippen LogP) is 16.9. The summed E-state index contributed by atoms with van der Waals surface area (Å²) in [5.74, 6) is 0. The fourth-order valence-electron chi connectivity index (χ4n) is 9.47. The molecule has 0 amide bonds. The molecule has 0 bridgehead atoms. The minimum atomic E-state index is -0.423. The van der Waals surface area contributed by atoms with Crippen molar-refractivity contribution < 1.29 is 9.60 Å². The zero-order valence-corrected chi connectivity index (χ0v) is 34.5. The number of para-hydroxylation sites is 1. The molecule has 0 aliphatic heterocycles. The van der Waals surface area contributed by atoms with E-state index in [9.17, 15) is 6.85 Å². The Morgan fingerprint density at radius 1 is 0.333 bits per heavy atom. The Morgan fingerprint density at radius 2 is 0.984 bits per heavy atom. The Bertz CT molecular complexity index is 4320. The number of rotatable bonds is 6.